The lowest BCUT2D eigenvalue weighted by atomic mass is 9.88. The molecule has 0 amide bonds. The molecule has 3 unspecified atom stereocenters. The molecule has 0 radical (unpaired) electrons. The Morgan fingerprint density at radius 1 is 1.53 bits per heavy atom. The van der Waals surface area contributed by atoms with Gasteiger partial charge < -0.3 is 9.84 Å². The summed E-state index contributed by atoms with van der Waals surface area (Å²) in [7, 11) is 1.67. The molecule has 0 aromatic heterocycles. The maximum atomic E-state index is 10.9. The number of hydrogen-bond acceptors (Lipinski definition) is 2. The van der Waals surface area contributed by atoms with Gasteiger partial charge >= 0.3 is 5.97 Å². The summed E-state index contributed by atoms with van der Waals surface area (Å²) in [5.41, 5.74) is 2.57. The summed E-state index contributed by atoms with van der Waals surface area (Å²) >= 11 is 0. The van der Waals surface area contributed by atoms with Crippen molar-refractivity contribution in [1.82, 2.24) is 0 Å². The molecule has 2 rings (SSSR count). The van der Waals surface area contributed by atoms with Crippen molar-refractivity contribution in [2.45, 2.75) is 39.0 Å². The van der Waals surface area contributed by atoms with Crippen LogP contribution in [0.3, 0.4) is 0 Å². The van der Waals surface area contributed by atoms with Gasteiger partial charge in [-0.3, -0.25) is 4.79 Å². The van der Waals surface area contributed by atoms with Gasteiger partial charge in [-0.1, -0.05) is 13.0 Å². The average Bonchev–Trinajstić information content (AvgIpc) is 3.15. The predicted molar refractivity (Wildman–Crippen MR) is 74.6 cm³/mol. The number of carboxylic acid groups (broad SMARTS) is 1. The fourth-order valence-electron chi connectivity index (χ4n) is 2.92. The van der Waals surface area contributed by atoms with Gasteiger partial charge in [0.1, 0.15) is 5.75 Å². The molecule has 0 saturated heterocycles. The molecule has 19 heavy (non-hydrogen) atoms. The smallest absolute Gasteiger partial charge is 0.306 e. The SMILES string of the molecule is CCC(CC1CC1C(=O)O)c1ccc(OC)cc1C. The fourth-order valence-corrected chi connectivity index (χ4v) is 2.92. The van der Waals surface area contributed by atoms with Gasteiger partial charge in [0.25, 0.3) is 0 Å². The topological polar surface area (TPSA) is 46.5 Å². The van der Waals surface area contributed by atoms with Gasteiger partial charge in [0, 0.05) is 0 Å². The van der Waals surface area contributed by atoms with E-state index in [1.54, 1.807) is 7.11 Å². The van der Waals surface area contributed by atoms with Crippen molar-refractivity contribution in [3.05, 3.63) is 29.3 Å². The Kier molecular flexibility index (Phi) is 4.13. The molecule has 0 spiro atoms. The van der Waals surface area contributed by atoms with Gasteiger partial charge in [-0.25, -0.2) is 0 Å². The summed E-state index contributed by atoms with van der Waals surface area (Å²) in [6, 6.07) is 6.17. The Hall–Kier alpha value is -1.51. The molecule has 1 N–H and O–H groups in total. The fraction of sp³-hybridized carbons (Fsp3) is 0.562. The monoisotopic (exact) mass is 262 g/mol. The molecule has 0 aliphatic heterocycles. The number of hydrogen-bond donors (Lipinski definition) is 1. The highest BCUT2D eigenvalue weighted by molar-refractivity contribution is 5.73. The maximum Gasteiger partial charge on any atom is 0.306 e. The first-order chi connectivity index (χ1) is 9.06. The maximum absolute atomic E-state index is 10.9. The first-order valence-electron chi connectivity index (χ1n) is 6.94. The number of benzene rings is 1. The summed E-state index contributed by atoms with van der Waals surface area (Å²) in [5, 5.41) is 8.99. The second-order valence-electron chi connectivity index (χ2n) is 5.50. The number of methoxy groups -OCH3 is 1. The van der Waals surface area contributed by atoms with E-state index in [0.717, 1.165) is 25.0 Å². The molecule has 1 aliphatic carbocycles. The second kappa shape index (κ2) is 5.64. The lowest BCUT2D eigenvalue weighted by Crippen LogP contribution is -2.05. The molecule has 3 heteroatoms. The molecule has 1 fully saturated rings. The zero-order valence-electron chi connectivity index (χ0n) is 11.8. The minimum Gasteiger partial charge on any atom is -0.497 e. The van der Waals surface area contributed by atoms with Crippen LogP contribution < -0.4 is 4.74 Å². The van der Waals surface area contributed by atoms with E-state index in [-0.39, 0.29) is 5.92 Å². The van der Waals surface area contributed by atoms with E-state index in [2.05, 4.69) is 26.0 Å². The Morgan fingerprint density at radius 3 is 2.74 bits per heavy atom. The van der Waals surface area contributed by atoms with Gasteiger partial charge in [0.2, 0.25) is 0 Å². The van der Waals surface area contributed by atoms with Crippen LogP contribution in [-0.4, -0.2) is 18.2 Å². The number of ether oxygens (including phenoxy) is 1. The van der Waals surface area contributed by atoms with E-state index in [9.17, 15) is 4.79 Å². The molecule has 0 bridgehead atoms. The van der Waals surface area contributed by atoms with Crippen molar-refractivity contribution in [1.29, 1.82) is 0 Å². The third kappa shape index (κ3) is 3.09. The summed E-state index contributed by atoms with van der Waals surface area (Å²) in [6.07, 6.45) is 2.89. The first kappa shape index (κ1) is 13.9. The van der Waals surface area contributed by atoms with Crippen LogP contribution in [0.1, 0.15) is 43.2 Å². The third-order valence-electron chi connectivity index (χ3n) is 4.24. The highest BCUT2D eigenvalue weighted by atomic mass is 16.5. The Morgan fingerprint density at radius 2 is 2.26 bits per heavy atom. The summed E-state index contributed by atoms with van der Waals surface area (Å²) in [6.45, 7) is 4.27. The minimum absolute atomic E-state index is 0.104. The molecule has 1 aromatic rings. The summed E-state index contributed by atoms with van der Waals surface area (Å²) in [4.78, 5) is 10.9. The predicted octanol–water partition coefficient (Wildman–Crippen LogP) is 3.61. The number of carbonyl (C=O) groups is 1. The van der Waals surface area contributed by atoms with Crippen molar-refractivity contribution in [3.8, 4) is 5.75 Å². The molecular weight excluding hydrogens is 240 g/mol. The highest BCUT2D eigenvalue weighted by Crippen LogP contribution is 2.46. The van der Waals surface area contributed by atoms with Crippen LogP contribution in [-0.2, 0) is 4.79 Å². The highest BCUT2D eigenvalue weighted by Gasteiger charge is 2.43. The van der Waals surface area contributed by atoms with Gasteiger partial charge in [-0.15, -0.1) is 0 Å². The molecular formula is C16H22O3. The van der Waals surface area contributed by atoms with E-state index in [0.29, 0.717) is 11.8 Å². The van der Waals surface area contributed by atoms with Crippen molar-refractivity contribution in [2.24, 2.45) is 11.8 Å². The largest absolute Gasteiger partial charge is 0.497 e. The van der Waals surface area contributed by atoms with E-state index in [1.165, 1.54) is 11.1 Å². The normalized spacial score (nSPS) is 22.9. The van der Waals surface area contributed by atoms with E-state index >= 15 is 0 Å². The van der Waals surface area contributed by atoms with Crippen LogP contribution in [0.5, 0.6) is 5.75 Å². The molecule has 3 nitrogen and oxygen atoms in total. The Balaban J connectivity index is 2.08. The van der Waals surface area contributed by atoms with Gasteiger partial charge in [-0.2, -0.15) is 0 Å². The van der Waals surface area contributed by atoms with Crippen LogP contribution >= 0.6 is 0 Å². The number of aliphatic carboxylic acids is 1. The van der Waals surface area contributed by atoms with E-state index in [4.69, 9.17) is 9.84 Å². The minimum atomic E-state index is -0.633. The zero-order chi connectivity index (χ0) is 14.0. The van der Waals surface area contributed by atoms with Crippen LogP contribution in [0.15, 0.2) is 18.2 Å². The standard InChI is InChI=1S/C16H22O3/c1-4-11(8-12-9-15(12)16(17)18)14-6-5-13(19-3)7-10(14)2/h5-7,11-12,15H,4,8-9H2,1-3H3,(H,17,18). The van der Waals surface area contributed by atoms with Crippen LogP contribution in [0, 0.1) is 18.8 Å². The first-order valence-corrected chi connectivity index (χ1v) is 6.94. The number of carboxylic acids is 1. The van der Waals surface area contributed by atoms with Gasteiger partial charge in [0.05, 0.1) is 13.0 Å². The van der Waals surface area contributed by atoms with E-state index in [1.807, 2.05) is 6.07 Å². The Bertz CT molecular complexity index is 467. The van der Waals surface area contributed by atoms with Crippen LogP contribution in [0.2, 0.25) is 0 Å². The van der Waals surface area contributed by atoms with Crippen molar-refractivity contribution < 1.29 is 14.6 Å². The van der Waals surface area contributed by atoms with Crippen molar-refractivity contribution >= 4 is 5.97 Å². The molecule has 0 heterocycles. The molecule has 1 aromatic carbocycles. The second-order valence-corrected chi connectivity index (χ2v) is 5.50. The number of rotatable bonds is 6. The van der Waals surface area contributed by atoms with Crippen molar-refractivity contribution in [3.63, 3.8) is 0 Å². The molecule has 1 saturated carbocycles. The van der Waals surface area contributed by atoms with Gasteiger partial charge in [0.15, 0.2) is 0 Å². The lowest BCUT2D eigenvalue weighted by molar-refractivity contribution is -0.138. The summed E-state index contributed by atoms with van der Waals surface area (Å²) < 4.78 is 5.23. The van der Waals surface area contributed by atoms with E-state index < -0.39 is 5.97 Å². The van der Waals surface area contributed by atoms with Crippen molar-refractivity contribution in [2.75, 3.05) is 7.11 Å². The average molecular weight is 262 g/mol. The Labute approximate surface area is 114 Å². The number of aryl methyl sites for hydroxylation is 1. The molecule has 1 aliphatic rings. The quantitative estimate of drug-likeness (QED) is 0.852. The summed E-state index contributed by atoms with van der Waals surface area (Å²) in [5.74, 6) is 0.967. The third-order valence-corrected chi connectivity index (χ3v) is 4.24. The van der Waals surface area contributed by atoms with Crippen LogP contribution in [0.4, 0.5) is 0 Å². The molecule has 3 atom stereocenters. The lowest BCUT2D eigenvalue weighted by Gasteiger charge is -2.18. The zero-order valence-corrected chi connectivity index (χ0v) is 11.8. The van der Waals surface area contributed by atoms with Gasteiger partial charge in [-0.05, 0) is 61.3 Å². The molecule has 104 valence electrons. The van der Waals surface area contributed by atoms with Crippen LogP contribution in [0.25, 0.3) is 0 Å².